The molecule has 0 radical (unpaired) electrons. The number of aliphatic imine (C=N–C) groups is 1. The zero-order valence-electron chi connectivity index (χ0n) is 21.6. The van der Waals surface area contributed by atoms with Gasteiger partial charge in [-0.25, -0.2) is 0 Å². The summed E-state index contributed by atoms with van der Waals surface area (Å²) in [6.45, 7) is 0.254. The van der Waals surface area contributed by atoms with Crippen LogP contribution in [0.3, 0.4) is 0 Å². The first-order valence-corrected chi connectivity index (χ1v) is 12.0. The van der Waals surface area contributed by atoms with Gasteiger partial charge in [0.1, 0.15) is 18.1 Å². The number of hydrogen-bond donors (Lipinski definition) is 6. The quantitative estimate of drug-likeness (QED) is 0.0779. The van der Waals surface area contributed by atoms with Crippen molar-refractivity contribution in [1.29, 1.82) is 0 Å². The standard InChI is InChI=1S/C26H36N6O6/c1-37-22-10-7-17(14-23(22)38-2)12-18(15-33)31-25(36)21(4-3-11-30-26(28)29)32-24(35)20(27)13-16-5-8-19(34)9-6-16/h5-10,14-15,18,20-21,34H,3-4,11-13,27H2,1-2H3,(H,31,36)(H,32,35)(H4,28,29,30)/t18-,20-,21+/m0/s1. The van der Waals surface area contributed by atoms with Crippen molar-refractivity contribution in [3.05, 3.63) is 53.6 Å². The number of phenolic OH excluding ortho intramolecular Hbond substituents is 1. The Kier molecular flexibility index (Phi) is 11.8. The number of rotatable bonds is 15. The molecule has 2 aromatic carbocycles. The minimum absolute atomic E-state index is 0.0816. The fourth-order valence-corrected chi connectivity index (χ4v) is 3.71. The molecule has 0 aromatic heterocycles. The summed E-state index contributed by atoms with van der Waals surface area (Å²) in [7, 11) is 3.02. The molecule has 2 amide bonds. The Balaban J connectivity index is 2.09. The molecule has 0 fully saturated rings. The van der Waals surface area contributed by atoms with E-state index in [4.69, 9.17) is 26.7 Å². The molecule has 0 saturated carbocycles. The Labute approximate surface area is 221 Å². The van der Waals surface area contributed by atoms with Crippen LogP contribution in [0.2, 0.25) is 0 Å². The number of methoxy groups -OCH3 is 2. The van der Waals surface area contributed by atoms with Crippen molar-refractivity contribution in [2.45, 2.75) is 43.8 Å². The van der Waals surface area contributed by atoms with Crippen LogP contribution in [-0.4, -0.2) is 68.1 Å². The van der Waals surface area contributed by atoms with Gasteiger partial charge in [-0.15, -0.1) is 0 Å². The average Bonchev–Trinajstić information content (AvgIpc) is 2.90. The highest BCUT2D eigenvalue weighted by molar-refractivity contribution is 5.91. The van der Waals surface area contributed by atoms with Crippen LogP contribution >= 0.6 is 0 Å². The number of nitrogens with zero attached hydrogens (tertiary/aromatic N) is 1. The van der Waals surface area contributed by atoms with Crippen LogP contribution in [0.1, 0.15) is 24.0 Å². The largest absolute Gasteiger partial charge is 0.508 e. The van der Waals surface area contributed by atoms with Crippen molar-refractivity contribution in [1.82, 2.24) is 10.6 Å². The van der Waals surface area contributed by atoms with Gasteiger partial charge in [-0.3, -0.25) is 14.6 Å². The lowest BCUT2D eigenvalue weighted by Crippen LogP contribution is -2.54. The molecular weight excluding hydrogens is 492 g/mol. The number of ether oxygens (including phenoxy) is 2. The first-order valence-electron chi connectivity index (χ1n) is 12.0. The summed E-state index contributed by atoms with van der Waals surface area (Å²) >= 11 is 0. The number of carbonyl (C=O) groups is 3. The minimum atomic E-state index is -0.976. The van der Waals surface area contributed by atoms with Gasteiger partial charge in [0.05, 0.1) is 26.3 Å². The molecule has 9 N–H and O–H groups in total. The highest BCUT2D eigenvalue weighted by atomic mass is 16.5. The second-order valence-electron chi connectivity index (χ2n) is 8.63. The monoisotopic (exact) mass is 528 g/mol. The molecule has 0 bridgehead atoms. The Bertz CT molecular complexity index is 1100. The molecular formula is C26H36N6O6. The van der Waals surface area contributed by atoms with Crippen LogP contribution in [-0.2, 0) is 27.2 Å². The van der Waals surface area contributed by atoms with E-state index in [2.05, 4.69) is 15.6 Å². The maximum absolute atomic E-state index is 13.1. The predicted molar refractivity (Wildman–Crippen MR) is 143 cm³/mol. The molecule has 0 aliphatic carbocycles. The number of nitrogens with two attached hydrogens (primary N) is 3. The summed E-state index contributed by atoms with van der Waals surface area (Å²) in [5, 5.41) is 14.8. The zero-order chi connectivity index (χ0) is 28.1. The van der Waals surface area contributed by atoms with E-state index in [1.807, 2.05) is 0 Å². The van der Waals surface area contributed by atoms with E-state index >= 15 is 0 Å². The van der Waals surface area contributed by atoms with Crippen molar-refractivity contribution in [2.75, 3.05) is 20.8 Å². The minimum Gasteiger partial charge on any atom is -0.508 e. The third-order valence-corrected chi connectivity index (χ3v) is 5.70. The second kappa shape index (κ2) is 15.1. The molecule has 12 nitrogen and oxygen atoms in total. The lowest BCUT2D eigenvalue weighted by Gasteiger charge is -2.23. The number of amides is 2. The number of aromatic hydroxyl groups is 1. The zero-order valence-corrected chi connectivity index (χ0v) is 21.6. The van der Waals surface area contributed by atoms with Gasteiger partial charge in [0, 0.05) is 6.54 Å². The normalized spacial score (nSPS) is 12.9. The SMILES string of the molecule is COc1ccc(C[C@@H](C=O)NC(=O)[C@@H](CCCN=C(N)N)NC(=O)[C@@H](N)Cc2ccc(O)cc2)cc1OC. The Morgan fingerprint density at radius 3 is 2.24 bits per heavy atom. The van der Waals surface area contributed by atoms with E-state index in [1.54, 1.807) is 30.3 Å². The number of aldehydes is 1. The maximum atomic E-state index is 13.1. The molecule has 2 aromatic rings. The second-order valence-corrected chi connectivity index (χ2v) is 8.63. The van der Waals surface area contributed by atoms with Crippen LogP contribution in [0.4, 0.5) is 0 Å². The van der Waals surface area contributed by atoms with Gasteiger partial charge in [-0.1, -0.05) is 18.2 Å². The molecule has 3 atom stereocenters. The summed E-state index contributed by atoms with van der Waals surface area (Å²) in [6.07, 6.45) is 1.63. The lowest BCUT2D eigenvalue weighted by molar-refractivity contribution is -0.130. The first-order chi connectivity index (χ1) is 18.2. The van der Waals surface area contributed by atoms with Gasteiger partial charge in [0.15, 0.2) is 17.5 Å². The van der Waals surface area contributed by atoms with Crippen LogP contribution < -0.4 is 37.3 Å². The fraction of sp³-hybridized carbons (Fsp3) is 0.385. The molecule has 2 rings (SSSR count). The summed E-state index contributed by atoms with van der Waals surface area (Å²) in [6, 6.07) is 8.73. The molecule has 0 unspecified atom stereocenters. The highest BCUT2D eigenvalue weighted by Crippen LogP contribution is 2.28. The van der Waals surface area contributed by atoms with Crippen LogP contribution in [0.15, 0.2) is 47.5 Å². The van der Waals surface area contributed by atoms with Crippen molar-refractivity contribution in [3.63, 3.8) is 0 Å². The fourth-order valence-electron chi connectivity index (χ4n) is 3.71. The van der Waals surface area contributed by atoms with Crippen molar-refractivity contribution < 1.29 is 29.0 Å². The van der Waals surface area contributed by atoms with E-state index in [9.17, 15) is 19.5 Å². The Morgan fingerprint density at radius 2 is 1.63 bits per heavy atom. The molecule has 0 aliphatic rings. The third kappa shape index (κ3) is 9.62. The van der Waals surface area contributed by atoms with Crippen LogP contribution in [0.25, 0.3) is 0 Å². The van der Waals surface area contributed by atoms with Crippen LogP contribution in [0, 0.1) is 0 Å². The summed E-state index contributed by atoms with van der Waals surface area (Å²) in [5.74, 6) is -0.0346. The summed E-state index contributed by atoms with van der Waals surface area (Å²) in [4.78, 5) is 41.6. The molecule has 0 spiro atoms. The summed E-state index contributed by atoms with van der Waals surface area (Å²) in [5.41, 5.74) is 18.3. The van der Waals surface area contributed by atoms with E-state index in [1.165, 1.54) is 26.4 Å². The number of phenols is 1. The smallest absolute Gasteiger partial charge is 0.243 e. The van der Waals surface area contributed by atoms with E-state index < -0.39 is 29.9 Å². The predicted octanol–water partition coefficient (Wildman–Crippen LogP) is -0.256. The third-order valence-electron chi connectivity index (χ3n) is 5.70. The van der Waals surface area contributed by atoms with Gasteiger partial charge in [0.2, 0.25) is 11.8 Å². The van der Waals surface area contributed by atoms with Crippen molar-refractivity contribution in [2.24, 2.45) is 22.2 Å². The molecule has 12 heteroatoms. The van der Waals surface area contributed by atoms with Crippen LogP contribution in [0.5, 0.6) is 17.2 Å². The van der Waals surface area contributed by atoms with Gasteiger partial charge in [-0.05, 0) is 61.1 Å². The van der Waals surface area contributed by atoms with Crippen molar-refractivity contribution in [3.8, 4) is 17.2 Å². The molecule has 0 aliphatic heterocycles. The number of nitrogens with one attached hydrogen (secondary N) is 2. The van der Waals surface area contributed by atoms with Crippen molar-refractivity contribution >= 4 is 24.1 Å². The van der Waals surface area contributed by atoms with Gasteiger partial charge < -0.3 is 47.2 Å². The molecule has 0 saturated heterocycles. The molecule has 206 valence electrons. The number of guanidine groups is 1. The number of benzene rings is 2. The summed E-state index contributed by atoms with van der Waals surface area (Å²) < 4.78 is 10.5. The highest BCUT2D eigenvalue weighted by Gasteiger charge is 2.26. The first kappa shape index (κ1) is 29.9. The average molecular weight is 529 g/mol. The number of carbonyl (C=O) groups excluding carboxylic acids is 3. The van der Waals surface area contributed by atoms with E-state index in [-0.39, 0.29) is 37.5 Å². The van der Waals surface area contributed by atoms with Gasteiger partial charge in [-0.2, -0.15) is 0 Å². The maximum Gasteiger partial charge on any atom is 0.243 e. The van der Waals surface area contributed by atoms with E-state index in [0.717, 1.165) is 11.1 Å². The molecule has 0 heterocycles. The molecule has 38 heavy (non-hydrogen) atoms. The lowest BCUT2D eigenvalue weighted by atomic mass is 10.0. The number of hydrogen-bond acceptors (Lipinski definition) is 8. The van der Waals surface area contributed by atoms with Gasteiger partial charge in [0.25, 0.3) is 0 Å². The topological polar surface area (TPSA) is 204 Å². The Hall–Kier alpha value is -4.32. The van der Waals surface area contributed by atoms with Gasteiger partial charge >= 0.3 is 0 Å². The Morgan fingerprint density at radius 1 is 0.974 bits per heavy atom. The van der Waals surface area contributed by atoms with E-state index in [0.29, 0.717) is 24.2 Å².